The van der Waals surface area contributed by atoms with Crippen LogP contribution < -0.4 is 4.74 Å². The number of carbonyl (C=O) groups is 2. The van der Waals surface area contributed by atoms with Gasteiger partial charge < -0.3 is 19.5 Å². The van der Waals surface area contributed by atoms with E-state index in [0.29, 0.717) is 17.2 Å². The van der Waals surface area contributed by atoms with Gasteiger partial charge in [0.25, 0.3) is 5.91 Å². The lowest BCUT2D eigenvalue weighted by molar-refractivity contribution is -0.139. The Kier molecular flexibility index (Phi) is 7.45. The molecule has 0 saturated carbocycles. The molecule has 0 spiro atoms. The molecule has 1 amide bonds. The number of carbonyl (C=O) groups excluding carboxylic acids is 1. The van der Waals surface area contributed by atoms with Gasteiger partial charge in [-0.2, -0.15) is 0 Å². The van der Waals surface area contributed by atoms with Gasteiger partial charge >= 0.3 is 5.97 Å². The summed E-state index contributed by atoms with van der Waals surface area (Å²) in [5.74, 6) is 0.0282. The van der Waals surface area contributed by atoms with Crippen molar-refractivity contribution in [2.75, 3.05) is 33.4 Å². The van der Waals surface area contributed by atoms with E-state index in [4.69, 9.17) is 14.6 Å². The molecule has 1 fully saturated rings. The van der Waals surface area contributed by atoms with Gasteiger partial charge in [0.15, 0.2) is 6.61 Å². The molecule has 1 aromatic rings. The van der Waals surface area contributed by atoms with Crippen LogP contribution in [0, 0.1) is 19.8 Å². The minimum Gasteiger partial charge on any atom is -0.481 e. The lowest BCUT2D eigenvalue weighted by Gasteiger charge is -2.25. The molecule has 0 radical (unpaired) electrons. The molecule has 26 heavy (non-hydrogen) atoms. The van der Waals surface area contributed by atoms with Crippen molar-refractivity contribution in [2.45, 2.75) is 39.5 Å². The maximum atomic E-state index is 13.0. The first-order valence-corrected chi connectivity index (χ1v) is 9.16. The zero-order valence-electron chi connectivity index (χ0n) is 15.9. The summed E-state index contributed by atoms with van der Waals surface area (Å²) in [6.45, 7) is 5.55. The van der Waals surface area contributed by atoms with E-state index in [1.165, 1.54) is 0 Å². The number of ether oxygens (including phenoxy) is 2. The second-order valence-electron chi connectivity index (χ2n) is 7.02. The molecule has 1 aliphatic rings. The maximum absolute atomic E-state index is 13.0. The van der Waals surface area contributed by atoms with E-state index in [2.05, 4.69) is 0 Å². The zero-order valence-corrected chi connectivity index (χ0v) is 15.9. The highest BCUT2D eigenvalue weighted by Gasteiger charge is 2.24. The second-order valence-corrected chi connectivity index (χ2v) is 7.02. The molecular weight excluding hydrogens is 334 g/mol. The summed E-state index contributed by atoms with van der Waals surface area (Å²) in [5.41, 5.74) is 2.19. The number of carboxylic acids is 1. The molecule has 1 unspecified atom stereocenters. The monoisotopic (exact) mass is 363 g/mol. The minimum absolute atomic E-state index is 0.0327. The summed E-state index contributed by atoms with van der Waals surface area (Å²) in [6, 6.07) is 3.59. The molecule has 1 heterocycles. The van der Waals surface area contributed by atoms with Crippen LogP contribution in [0.1, 0.15) is 47.2 Å². The van der Waals surface area contributed by atoms with Gasteiger partial charge in [0.2, 0.25) is 0 Å². The van der Waals surface area contributed by atoms with Crippen molar-refractivity contribution in [3.8, 4) is 5.75 Å². The molecule has 1 atom stereocenters. The maximum Gasteiger partial charge on any atom is 0.341 e. The van der Waals surface area contributed by atoms with Gasteiger partial charge in [-0.15, -0.1) is 0 Å². The Balaban J connectivity index is 2.13. The van der Waals surface area contributed by atoms with Crippen LogP contribution in [0.15, 0.2) is 12.1 Å². The van der Waals surface area contributed by atoms with Crippen LogP contribution in [0.4, 0.5) is 0 Å². The molecule has 6 nitrogen and oxygen atoms in total. The Bertz CT molecular complexity index is 620. The molecule has 1 saturated heterocycles. The molecule has 0 aromatic heterocycles. The average Bonchev–Trinajstić information content (AvgIpc) is 2.83. The van der Waals surface area contributed by atoms with E-state index in [0.717, 1.165) is 56.5 Å². The average molecular weight is 363 g/mol. The molecule has 1 N–H and O–H groups in total. The molecule has 0 aliphatic carbocycles. The van der Waals surface area contributed by atoms with Crippen molar-refractivity contribution < 1.29 is 24.2 Å². The topological polar surface area (TPSA) is 76.1 Å². The highest BCUT2D eigenvalue weighted by molar-refractivity contribution is 5.95. The van der Waals surface area contributed by atoms with Gasteiger partial charge in [-0.25, -0.2) is 4.79 Å². The van der Waals surface area contributed by atoms with Crippen molar-refractivity contribution in [3.05, 3.63) is 28.8 Å². The third-order valence-electron chi connectivity index (χ3n) is 4.83. The number of carboxylic acid groups (broad SMARTS) is 1. The summed E-state index contributed by atoms with van der Waals surface area (Å²) in [5, 5.41) is 8.79. The molecule has 144 valence electrons. The molecule has 6 heteroatoms. The Hall–Kier alpha value is -2.08. The quantitative estimate of drug-likeness (QED) is 0.806. The van der Waals surface area contributed by atoms with Crippen molar-refractivity contribution in [2.24, 2.45) is 5.92 Å². The van der Waals surface area contributed by atoms with Crippen molar-refractivity contribution in [1.29, 1.82) is 0 Å². The number of rotatable bonds is 7. The third kappa shape index (κ3) is 5.46. The number of likely N-dealkylation sites (tertiary alicyclic amines) is 1. The standard InChI is InChI=1S/C20H29NO5/c1-14-10-17(11-15(2)19(14)26-13-18(22)23)20(24)21-8-5-4-6-16(12-21)7-9-25-3/h10-11,16H,4-9,12-13H2,1-3H3,(H,22,23). The lowest BCUT2D eigenvalue weighted by Crippen LogP contribution is -2.35. The largest absolute Gasteiger partial charge is 0.481 e. The normalized spacial score (nSPS) is 17.7. The number of methoxy groups -OCH3 is 1. The third-order valence-corrected chi connectivity index (χ3v) is 4.83. The number of aryl methyl sites for hydroxylation is 2. The summed E-state index contributed by atoms with van der Waals surface area (Å²) < 4.78 is 10.5. The van der Waals surface area contributed by atoms with Crippen LogP contribution in [0.5, 0.6) is 5.75 Å². The summed E-state index contributed by atoms with van der Waals surface area (Å²) in [7, 11) is 1.71. The molecule has 0 bridgehead atoms. The summed E-state index contributed by atoms with van der Waals surface area (Å²) >= 11 is 0. The van der Waals surface area contributed by atoms with Crippen LogP contribution in [0.25, 0.3) is 0 Å². The molecule has 1 aliphatic heterocycles. The van der Waals surface area contributed by atoms with Crippen LogP contribution in [0.3, 0.4) is 0 Å². The summed E-state index contributed by atoms with van der Waals surface area (Å²) in [4.78, 5) is 25.7. The highest BCUT2D eigenvalue weighted by Crippen LogP contribution is 2.27. The number of amides is 1. The van der Waals surface area contributed by atoms with Gasteiger partial charge in [0, 0.05) is 32.4 Å². The van der Waals surface area contributed by atoms with Gasteiger partial charge in [-0.1, -0.05) is 6.42 Å². The molecule has 2 rings (SSSR count). The first-order chi connectivity index (χ1) is 12.4. The SMILES string of the molecule is COCCC1CCCCN(C(=O)c2cc(C)c(OCC(=O)O)c(C)c2)C1. The number of benzene rings is 1. The van der Waals surface area contributed by atoms with Crippen LogP contribution in [0.2, 0.25) is 0 Å². The second kappa shape index (κ2) is 9.57. The van der Waals surface area contributed by atoms with E-state index in [-0.39, 0.29) is 12.5 Å². The Morgan fingerprint density at radius 3 is 2.54 bits per heavy atom. The Morgan fingerprint density at radius 1 is 1.23 bits per heavy atom. The van der Waals surface area contributed by atoms with Crippen LogP contribution in [-0.4, -0.2) is 55.3 Å². The number of hydrogen-bond acceptors (Lipinski definition) is 4. The number of hydrogen-bond donors (Lipinski definition) is 1. The van der Waals surface area contributed by atoms with Gasteiger partial charge in [-0.05, 0) is 62.3 Å². The smallest absolute Gasteiger partial charge is 0.341 e. The van der Waals surface area contributed by atoms with E-state index in [1.54, 1.807) is 19.2 Å². The fourth-order valence-corrected chi connectivity index (χ4v) is 3.55. The fraction of sp³-hybridized carbons (Fsp3) is 0.600. The first kappa shape index (κ1) is 20.2. The van der Waals surface area contributed by atoms with E-state index in [1.807, 2.05) is 18.7 Å². The van der Waals surface area contributed by atoms with Gasteiger partial charge in [0.05, 0.1) is 0 Å². The Morgan fingerprint density at radius 2 is 1.92 bits per heavy atom. The van der Waals surface area contributed by atoms with Gasteiger partial charge in [-0.3, -0.25) is 4.79 Å². The first-order valence-electron chi connectivity index (χ1n) is 9.16. The van der Waals surface area contributed by atoms with Crippen molar-refractivity contribution in [3.63, 3.8) is 0 Å². The predicted octanol–water partition coefficient (Wildman–Crippen LogP) is 3.05. The lowest BCUT2D eigenvalue weighted by atomic mass is 9.99. The van der Waals surface area contributed by atoms with Crippen molar-refractivity contribution >= 4 is 11.9 Å². The van der Waals surface area contributed by atoms with E-state index < -0.39 is 5.97 Å². The van der Waals surface area contributed by atoms with Crippen LogP contribution in [-0.2, 0) is 9.53 Å². The molecule has 1 aromatic carbocycles. The predicted molar refractivity (Wildman–Crippen MR) is 98.8 cm³/mol. The zero-order chi connectivity index (χ0) is 19.1. The van der Waals surface area contributed by atoms with E-state index >= 15 is 0 Å². The summed E-state index contributed by atoms with van der Waals surface area (Å²) in [6.07, 6.45) is 4.26. The van der Waals surface area contributed by atoms with Crippen molar-refractivity contribution in [1.82, 2.24) is 4.90 Å². The number of aliphatic carboxylic acids is 1. The van der Waals surface area contributed by atoms with Crippen LogP contribution >= 0.6 is 0 Å². The highest BCUT2D eigenvalue weighted by atomic mass is 16.5. The Labute approximate surface area is 155 Å². The fourth-order valence-electron chi connectivity index (χ4n) is 3.55. The van der Waals surface area contributed by atoms with E-state index in [9.17, 15) is 9.59 Å². The minimum atomic E-state index is -1.02. The number of nitrogens with zero attached hydrogens (tertiary/aromatic N) is 1. The van der Waals surface area contributed by atoms with Gasteiger partial charge in [0.1, 0.15) is 5.75 Å². The molecular formula is C20H29NO5.